The number of likely N-dealkylation sites (tertiary alicyclic amines) is 1. The maximum absolute atomic E-state index is 12.9. The van der Waals surface area contributed by atoms with Crippen LogP contribution in [0.1, 0.15) is 49.9 Å². The van der Waals surface area contributed by atoms with Crippen LogP contribution in [0.15, 0.2) is 24.3 Å². The molecule has 1 aliphatic rings. The molecule has 0 saturated carbocycles. The molecule has 1 aromatic rings. The minimum absolute atomic E-state index is 0.00918. The molecule has 1 aliphatic heterocycles. The molecule has 2 amide bonds. The zero-order chi connectivity index (χ0) is 20.5. The van der Waals surface area contributed by atoms with E-state index in [0.717, 1.165) is 25.9 Å². The fraction of sp³-hybridized carbons (Fsp3) is 0.500. The summed E-state index contributed by atoms with van der Waals surface area (Å²) < 4.78 is 4.79. The van der Waals surface area contributed by atoms with Gasteiger partial charge in [0, 0.05) is 19.5 Å². The third-order valence-electron chi connectivity index (χ3n) is 4.59. The lowest BCUT2D eigenvalue weighted by atomic mass is 9.98. The van der Waals surface area contributed by atoms with Gasteiger partial charge in [-0.2, -0.15) is 0 Å². The Hall–Kier alpha value is -2.48. The summed E-state index contributed by atoms with van der Waals surface area (Å²) in [5.41, 5.74) is 1.06. The molecule has 7 nitrogen and oxygen atoms in total. The van der Waals surface area contributed by atoms with Gasteiger partial charge in [-0.1, -0.05) is 19.1 Å². The zero-order valence-electron chi connectivity index (χ0n) is 16.3. The summed E-state index contributed by atoms with van der Waals surface area (Å²) in [5, 5.41) is 5.53. The Kier molecular flexibility index (Phi) is 8.38. The second-order valence-electron chi connectivity index (χ2n) is 6.83. The molecule has 2 N–H and O–H groups in total. The monoisotopic (exact) mass is 405 g/mol. The first-order valence-electron chi connectivity index (χ1n) is 9.55. The van der Waals surface area contributed by atoms with Crippen molar-refractivity contribution in [3.8, 4) is 0 Å². The van der Waals surface area contributed by atoms with Crippen LogP contribution < -0.4 is 10.6 Å². The van der Waals surface area contributed by atoms with E-state index in [1.165, 1.54) is 0 Å². The third kappa shape index (κ3) is 6.60. The van der Waals surface area contributed by atoms with Crippen LogP contribution in [0.3, 0.4) is 0 Å². The number of thiocarbonyl (C=S) groups is 1. The van der Waals surface area contributed by atoms with Crippen LogP contribution in [-0.2, 0) is 14.3 Å². The number of carbonyl (C=O) groups is 3. The van der Waals surface area contributed by atoms with Crippen molar-refractivity contribution in [2.75, 3.05) is 25.0 Å². The quantitative estimate of drug-likeness (QED) is 0.559. The van der Waals surface area contributed by atoms with Crippen LogP contribution in [0.25, 0.3) is 0 Å². The van der Waals surface area contributed by atoms with Crippen molar-refractivity contribution >= 4 is 40.8 Å². The molecular weight excluding hydrogens is 378 g/mol. The van der Waals surface area contributed by atoms with E-state index in [4.69, 9.17) is 17.0 Å². The fourth-order valence-corrected chi connectivity index (χ4v) is 3.18. The number of rotatable bonds is 6. The number of anilines is 1. The van der Waals surface area contributed by atoms with Gasteiger partial charge in [0.05, 0.1) is 24.3 Å². The number of amides is 2. The average molecular weight is 406 g/mol. The lowest BCUT2D eigenvalue weighted by molar-refractivity contribution is -0.144. The van der Waals surface area contributed by atoms with Crippen molar-refractivity contribution in [1.29, 1.82) is 0 Å². The van der Waals surface area contributed by atoms with E-state index in [1.807, 2.05) is 4.90 Å². The normalized spacial score (nSPS) is 14.3. The van der Waals surface area contributed by atoms with Gasteiger partial charge in [0.25, 0.3) is 5.91 Å². The molecule has 0 bridgehead atoms. The number of para-hydroxylation sites is 1. The topological polar surface area (TPSA) is 87.7 Å². The molecule has 0 spiro atoms. The number of piperidine rings is 1. The maximum Gasteiger partial charge on any atom is 0.306 e. The molecule has 1 fully saturated rings. The molecule has 1 heterocycles. The molecule has 2 rings (SSSR count). The lowest BCUT2D eigenvalue weighted by Gasteiger charge is -2.30. The Balaban J connectivity index is 1.93. The van der Waals surface area contributed by atoms with E-state index in [2.05, 4.69) is 17.6 Å². The molecule has 0 unspecified atom stereocenters. The Morgan fingerprint density at radius 3 is 2.54 bits per heavy atom. The van der Waals surface area contributed by atoms with Gasteiger partial charge in [0.1, 0.15) is 0 Å². The highest BCUT2D eigenvalue weighted by atomic mass is 32.1. The van der Waals surface area contributed by atoms with Crippen LogP contribution in [0, 0.1) is 5.92 Å². The number of ether oxygens (including phenoxy) is 1. The number of nitrogens with zero attached hydrogens (tertiary/aromatic N) is 1. The van der Waals surface area contributed by atoms with E-state index < -0.39 is 5.97 Å². The lowest BCUT2D eigenvalue weighted by Crippen LogP contribution is -2.39. The van der Waals surface area contributed by atoms with Gasteiger partial charge >= 0.3 is 5.97 Å². The van der Waals surface area contributed by atoms with E-state index in [-0.39, 0.29) is 36.4 Å². The molecule has 0 aromatic heterocycles. The van der Waals surface area contributed by atoms with Crippen molar-refractivity contribution in [1.82, 2.24) is 10.2 Å². The Morgan fingerprint density at radius 2 is 1.86 bits per heavy atom. The van der Waals surface area contributed by atoms with Crippen molar-refractivity contribution in [2.45, 2.75) is 39.5 Å². The second kappa shape index (κ2) is 10.8. The first-order valence-corrected chi connectivity index (χ1v) is 9.96. The third-order valence-corrected chi connectivity index (χ3v) is 4.80. The summed E-state index contributed by atoms with van der Waals surface area (Å²) in [5.74, 6) is -0.232. The molecule has 0 aliphatic carbocycles. The molecule has 0 radical (unpaired) electrons. The minimum atomic E-state index is -0.427. The van der Waals surface area contributed by atoms with Crippen molar-refractivity contribution < 1.29 is 19.1 Å². The highest BCUT2D eigenvalue weighted by Crippen LogP contribution is 2.22. The average Bonchev–Trinajstić information content (AvgIpc) is 2.67. The number of hydrogen-bond acceptors (Lipinski definition) is 5. The van der Waals surface area contributed by atoms with Crippen molar-refractivity contribution in [3.05, 3.63) is 29.8 Å². The zero-order valence-corrected chi connectivity index (χ0v) is 17.1. The molecule has 28 heavy (non-hydrogen) atoms. The van der Waals surface area contributed by atoms with E-state index in [1.54, 1.807) is 31.2 Å². The van der Waals surface area contributed by atoms with E-state index in [0.29, 0.717) is 17.2 Å². The number of benzene rings is 1. The SMILES string of the molecule is CCOC(=O)CCC(=O)NC(=S)Nc1ccccc1C(=O)N1CCC(C)CC1. The molecule has 0 atom stereocenters. The highest BCUT2D eigenvalue weighted by Gasteiger charge is 2.23. The van der Waals surface area contributed by atoms with Gasteiger partial charge in [0.2, 0.25) is 5.91 Å². The van der Waals surface area contributed by atoms with Gasteiger partial charge in [-0.05, 0) is 50.0 Å². The van der Waals surface area contributed by atoms with Gasteiger partial charge in [0.15, 0.2) is 5.11 Å². The predicted molar refractivity (Wildman–Crippen MR) is 111 cm³/mol. The molecule has 1 saturated heterocycles. The largest absolute Gasteiger partial charge is 0.466 e. The van der Waals surface area contributed by atoms with Crippen molar-refractivity contribution in [3.63, 3.8) is 0 Å². The predicted octanol–water partition coefficient (Wildman–Crippen LogP) is 2.72. The van der Waals surface area contributed by atoms with Crippen LogP contribution in [0.2, 0.25) is 0 Å². The smallest absolute Gasteiger partial charge is 0.306 e. The number of hydrogen-bond donors (Lipinski definition) is 2. The summed E-state index contributed by atoms with van der Waals surface area (Å²) in [4.78, 5) is 38.0. The standard InChI is InChI=1S/C20H27N3O4S/c1-3-27-18(25)9-8-17(24)22-20(28)21-16-7-5-4-6-15(16)19(26)23-12-10-14(2)11-13-23/h4-7,14H,3,8-13H2,1-2H3,(H2,21,22,24,28). The van der Waals surface area contributed by atoms with Gasteiger partial charge < -0.3 is 20.3 Å². The molecule has 1 aromatic carbocycles. The van der Waals surface area contributed by atoms with Gasteiger partial charge in [-0.25, -0.2) is 0 Å². The Morgan fingerprint density at radius 1 is 1.18 bits per heavy atom. The minimum Gasteiger partial charge on any atom is -0.466 e. The van der Waals surface area contributed by atoms with Crippen LogP contribution >= 0.6 is 12.2 Å². The summed E-state index contributed by atoms with van der Waals surface area (Å²) >= 11 is 5.18. The Bertz CT molecular complexity index is 730. The van der Waals surface area contributed by atoms with Gasteiger partial charge in [-0.3, -0.25) is 14.4 Å². The van der Waals surface area contributed by atoms with E-state index >= 15 is 0 Å². The number of carbonyl (C=O) groups excluding carboxylic acids is 3. The van der Waals surface area contributed by atoms with Crippen LogP contribution in [0.5, 0.6) is 0 Å². The summed E-state index contributed by atoms with van der Waals surface area (Å²) in [6, 6.07) is 7.08. The van der Waals surface area contributed by atoms with Crippen LogP contribution in [-0.4, -0.2) is 47.5 Å². The Labute approximate surface area is 170 Å². The fourth-order valence-electron chi connectivity index (χ4n) is 2.95. The maximum atomic E-state index is 12.9. The van der Waals surface area contributed by atoms with Gasteiger partial charge in [-0.15, -0.1) is 0 Å². The highest BCUT2D eigenvalue weighted by molar-refractivity contribution is 7.80. The summed E-state index contributed by atoms with van der Waals surface area (Å²) in [6.07, 6.45) is 1.96. The molecular formula is C20H27N3O4S. The second-order valence-corrected chi connectivity index (χ2v) is 7.24. The first kappa shape index (κ1) is 21.8. The molecule has 8 heteroatoms. The summed E-state index contributed by atoms with van der Waals surface area (Å²) in [7, 11) is 0. The van der Waals surface area contributed by atoms with Crippen LogP contribution in [0.4, 0.5) is 5.69 Å². The molecule has 152 valence electrons. The number of esters is 1. The van der Waals surface area contributed by atoms with E-state index in [9.17, 15) is 14.4 Å². The first-order chi connectivity index (χ1) is 13.4. The van der Waals surface area contributed by atoms with Crippen molar-refractivity contribution in [2.24, 2.45) is 5.92 Å². The summed E-state index contributed by atoms with van der Waals surface area (Å²) in [6.45, 7) is 5.66. The number of nitrogens with one attached hydrogen (secondary N) is 2.